The molecule has 0 saturated heterocycles. The van der Waals surface area contributed by atoms with Crippen LogP contribution < -0.4 is 5.32 Å². The highest BCUT2D eigenvalue weighted by Crippen LogP contribution is 2.39. The average Bonchev–Trinajstić information content (AvgIpc) is 2.45. The number of nitrogens with one attached hydrogen (secondary N) is 1. The lowest BCUT2D eigenvalue weighted by Crippen LogP contribution is -2.12. The first-order chi connectivity index (χ1) is 9.63. The van der Waals surface area contributed by atoms with Crippen molar-refractivity contribution >= 4 is 32.5 Å². The fourth-order valence-corrected chi connectivity index (χ4v) is 3.55. The quantitative estimate of drug-likeness (QED) is 0.855. The molecule has 0 aliphatic heterocycles. The molecule has 1 aliphatic rings. The summed E-state index contributed by atoms with van der Waals surface area (Å²) in [6.07, 6.45) is 4.43. The molecule has 20 heavy (non-hydrogen) atoms. The van der Waals surface area contributed by atoms with Crippen molar-refractivity contribution in [3.8, 4) is 0 Å². The summed E-state index contributed by atoms with van der Waals surface area (Å²) >= 11 is 3.41. The predicted molar refractivity (Wildman–Crippen MR) is 84.9 cm³/mol. The molecule has 0 spiro atoms. The van der Waals surface area contributed by atoms with Gasteiger partial charge >= 0.3 is 0 Å². The van der Waals surface area contributed by atoms with Gasteiger partial charge in [-0.3, -0.25) is 4.98 Å². The molecule has 3 rings (SSSR count). The fraction of sp³-hybridized carbons (Fsp3) is 0.438. The summed E-state index contributed by atoms with van der Waals surface area (Å²) in [4.78, 5) is 4.82. The lowest BCUT2D eigenvalue weighted by molar-refractivity contribution is 0.622. The molecule has 0 saturated carbocycles. The van der Waals surface area contributed by atoms with Crippen LogP contribution in [0.1, 0.15) is 36.6 Å². The zero-order chi connectivity index (χ0) is 14.3. The molecule has 2 aromatic rings. The number of hydrogen-bond acceptors (Lipinski definition) is 2. The maximum absolute atomic E-state index is 14.1. The predicted octanol–water partition coefficient (Wildman–Crippen LogP) is 4.76. The highest BCUT2D eigenvalue weighted by Gasteiger charge is 2.21. The Balaban J connectivity index is 2.42. The monoisotopic (exact) mass is 336 g/mol. The minimum atomic E-state index is -0.216. The molecule has 1 aromatic heterocycles. The molecule has 0 fully saturated rings. The van der Waals surface area contributed by atoms with Gasteiger partial charge in [0.05, 0.1) is 9.99 Å². The van der Waals surface area contributed by atoms with Crippen molar-refractivity contribution in [3.63, 3.8) is 0 Å². The van der Waals surface area contributed by atoms with Crippen molar-refractivity contribution in [3.05, 3.63) is 33.2 Å². The summed E-state index contributed by atoms with van der Waals surface area (Å²) in [5.41, 5.74) is 5.34. The summed E-state index contributed by atoms with van der Waals surface area (Å²) in [6.45, 7) is 4.82. The molecule has 106 valence electrons. The maximum Gasteiger partial charge on any atom is 0.138 e. The van der Waals surface area contributed by atoms with Gasteiger partial charge in [0.15, 0.2) is 0 Å². The van der Waals surface area contributed by atoms with E-state index in [2.05, 4.69) is 28.2 Å². The fourth-order valence-electron chi connectivity index (χ4n) is 3.05. The molecular weight excluding hydrogens is 319 g/mol. The van der Waals surface area contributed by atoms with Gasteiger partial charge in [0, 0.05) is 23.3 Å². The van der Waals surface area contributed by atoms with E-state index in [0.29, 0.717) is 4.47 Å². The lowest BCUT2D eigenvalue weighted by atomic mass is 9.92. The van der Waals surface area contributed by atoms with Gasteiger partial charge in [0.1, 0.15) is 5.82 Å². The van der Waals surface area contributed by atoms with Gasteiger partial charge in [-0.1, -0.05) is 0 Å². The van der Waals surface area contributed by atoms with E-state index in [1.165, 1.54) is 24.1 Å². The molecule has 0 unspecified atom stereocenters. The van der Waals surface area contributed by atoms with E-state index in [0.717, 1.165) is 41.5 Å². The summed E-state index contributed by atoms with van der Waals surface area (Å²) < 4.78 is 14.6. The molecular formula is C16H18BrFN2. The largest absolute Gasteiger partial charge is 0.384 e. The second kappa shape index (κ2) is 5.32. The second-order valence-corrected chi connectivity index (χ2v) is 6.16. The molecule has 0 radical (unpaired) electrons. The number of aromatic nitrogens is 1. The van der Waals surface area contributed by atoms with Gasteiger partial charge in [0.2, 0.25) is 0 Å². The van der Waals surface area contributed by atoms with Crippen molar-refractivity contribution in [1.82, 2.24) is 4.98 Å². The minimum Gasteiger partial charge on any atom is -0.384 e. The number of nitrogens with zero attached hydrogens (tertiary/aromatic N) is 1. The number of fused-ring (bicyclic) bond motifs is 2. The van der Waals surface area contributed by atoms with Crippen molar-refractivity contribution in [2.24, 2.45) is 0 Å². The molecule has 1 aliphatic carbocycles. The van der Waals surface area contributed by atoms with Gasteiger partial charge in [-0.15, -0.1) is 0 Å². The van der Waals surface area contributed by atoms with Crippen molar-refractivity contribution in [1.29, 1.82) is 0 Å². The summed E-state index contributed by atoms with van der Waals surface area (Å²) in [7, 11) is 0. The highest BCUT2D eigenvalue weighted by atomic mass is 79.9. The minimum absolute atomic E-state index is 0.216. The van der Waals surface area contributed by atoms with E-state index in [-0.39, 0.29) is 5.82 Å². The first-order valence-corrected chi connectivity index (χ1v) is 7.96. The summed E-state index contributed by atoms with van der Waals surface area (Å²) in [6, 6.07) is 1.56. The van der Waals surface area contributed by atoms with Crippen LogP contribution in [-0.2, 0) is 12.8 Å². The Morgan fingerprint density at radius 1 is 1.35 bits per heavy atom. The molecule has 4 heteroatoms. The summed E-state index contributed by atoms with van der Waals surface area (Å²) in [5.74, 6) is -0.216. The molecule has 1 aromatic carbocycles. The number of halogens is 2. The molecule has 0 atom stereocenters. The van der Waals surface area contributed by atoms with E-state index < -0.39 is 0 Å². The molecule has 1 N–H and O–H groups in total. The molecule has 2 nitrogen and oxygen atoms in total. The van der Waals surface area contributed by atoms with Crippen LogP contribution in [0.5, 0.6) is 0 Å². The Labute approximate surface area is 126 Å². The zero-order valence-corrected chi connectivity index (χ0v) is 13.4. The van der Waals surface area contributed by atoms with Crippen LogP contribution in [0.3, 0.4) is 0 Å². The van der Waals surface area contributed by atoms with E-state index in [9.17, 15) is 4.39 Å². The van der Waals surface area contributed by atoms with Gasteiger partial charge in [0.25, 0.3) is 0 Å². The van der Waals surface area contributed by atoms with Crippen LogP contribution in [0, 0.1) is 12.7 Å². The Hall–Kier alpha value is -1.16. The number of hydrogen-bond donors (Lipinski definition) is 1. The van der Waals surface area contributed by atoms with Crippen LogP contribution in [0.4, 0.5) is 10.1 Å². The molecule has 0 amide bonds. The number of benzene rings is 1. The van der Waals surface area contributed by atoms with Gasteiger partial charge in [-0.2, -0.15) is 0 Å². The Kier molecular flexibility index (Phi) is 3.67. The van der Waals surface area contributed by atoms with E-state index >= 15 is 0 Å². The van der Waals surface area contributed by atoms with Crippen molar-refractivity contribution in [2.75, 3.05) is 11.9 Å². The zero-order valence-electron chi connectivity index (χ0n) is 11.8. The smallest absolute Gasteiger partial charge is 0.138 e. The van der Waals surface area contributed by atoms with Gasteiger partial charge < -0.3 is 5.32 Å². The van der Waals surface area contributed by atoms with Crippen LogP contribution in [0.25, 0.3) is 10.9 Å². The second-order valence-electron chi connectivity index (χ2n) is 5.36. The normalized spacial score (nSPS) is 14.4. The van der Waals surface area contributed by atoms with E-state index in [4.69, 9.17) is 4.98 Å². The third-order valence-corrected chi connectivity index (χ3v) is 4.75. The first-order valence-electron chi connectivity index (χ1n) is 7.17. The van der Waals surface area contributed by atoms with Crippen molar-refractivity contribution < 1.29 is 4.39 Å². The van der Waals surface area contributed by atoms with Crippen LogP contribution in [-0.4, -0.2) is 11.5 Å². The standard InChI is InChI=1S/C16H18BrFN2/c1-3-19-16-10-6-4-5-7-12(10)20-15-9(2)8-11(18)14(17)13(15)16/h8H,3-7H2,1-2H3,(H,19,20). The summed E-state index contributed by atoms with van der Waals surface area (Å²) in [5, 5.41) is 4.33. The van der Waals surface area contributed by atoms with Crippen LogP contribution in [0.2, 0.25) is 0 Å². The lowest BCUT2D eigenvalue weighted by Gasteiger charge is -2.22. The third-order valence-electron chi connectivity index (χ3n) is 3.97. The Bertz CT molecular complexity index is 682. The van der Waals surface area contributed by atoms with Gasteiger partial charge in [-0.25, -0.2) is 4.39 Å². The highest BCUT2D eigenvalue weighted by molar-refractivity contribution is 9.10. The number of anilines is 1. The van der Waals surface area contributed by atoms with Crippen LogP contribution >= 0.6 is 15.9 Å². The third kappa shape index (κ3) is 2.10. The average molecular weight is 337 g/mol. The Morgan fingerprint density at radius 3 is 2.85 bits per heavy atom. The molecule has 0 bridgehead atoms. The number of pyridine rings is 1. The van der Waals surface area contributed by atoms with Crippen molar-refractivity contribution in [2.45, 2.75) is 39.5 Å². The van der Waals surface area contributed by atoms with E-state index in [1.54, 1.807) is 6.07 Å². The maximum atomic E-state index is 14.1. The molecule has 1 heterocycles. The van der Waals surface area contributed by atoms with Gasteiger partial charge in [-0.05, 0) is 72.7 Å². The van der Waals surface area contributed by atoms with Crippen LogP contribution in [0.15, 0.2) is 10.5 Å². The SMILES string of the molecule is CCNc1c2c(nc3c(C)cc(F)c(Br)c13)CCCC2. The number of aryl methyl sites for hydroxylation is 2. The first kappa shape index (κ1) is 13.8. The topological polar surface area (TPSA) is 24.9 Å². The van der Waals surface area contributed by atoms with E-state index in [1.807, 2.05) is 6.92 Å². The Morgan fingerprint density at radius 2 is 2.10 bits per heavy atom. The number of rotatable bonds is 2.